The van der Waals surface area contributed by atoms with Crippen LogP contribution in [0.2, 0.25) is 0 Å². The van der Waals surface area contributed by atoms with E-state index in [2.05, 4.69) is 85.4 Å². The number of nitriles is 1. The molecule has 1 aliphatic rings. The molecule has 0 atom stereocenters. The number of hydrogen-bond donors (Lipinski definition) is 2. The Morgan fingerprint density at radius 2 is 1.68 bits per heavy atom. The number of piperazine rings is 1. The van der Waals surface area contributed by atoms with Crippen LogP contribution in [-0.4, -0.2) is 61.3 Å². The number of anilines is 1. The van der Waals surface area contributed by atoms with Crippen molar-refractivity contribution < 1.29 is 9.90 Å². The molecule has 214 valence electrons. The van der Waals surface area contributed by atoms with E-state index in [0.29, 0.717) is 12.0 Å². The molecule has 0 saturated carbocycles. The Morgan fingerprint density at radius 3 is 2.30 bits per heavy atom. The summed E-state index contributed by atoms with van der Waals surface area (Å²) in [5, 5.41) is 24.2. The first kappa shape index (κ1) is 31.3. The maximum Gasteiger partial charge on any atom is 0.262 e. The van der Waals surface area contributed by atoms with Gasteiger partial charge in [0.25, 0.3) is 5.91 Å². The second-order valence-corrected chi connectivity index (χ2v) is 12.9. The molecule has 1 amide bonds. The third kappa shape index (κ3) is 8.41. The lowest BCUT2D eigenvalue weighted by molar-refractivity contribution is -0.118. The summed E-state index contributed by atoms with van der Waals surface area (Å²) in [7, 11) is 2.17. The zero-order valence-corrected chi connectivity index (χ0v) is 25.9. The summed E-state index contributed by atoms with van der Waals surface area (Å²) in [6.07, 6.45) is 0.415. The number of nitrogens with one attached hydrogen (secondary N) is 1. The van der Waals surface area contributed by atoms with Crippen LogP contribution in [0.5, 0.6) is 0 Å². The van der Waals surface area contributed by atoms with Gasteiger partial charge >= 0.3 is 0 Å². The third-order valence-corrected chi connectivity index (χ3v) is 8.11. The number of fused-ring (bicyclic) bond motifs is 1. The van der Waals surface area contributed by atoms with Gasteiger partial charge in [0.2, 0.25) is 0 Å². The lowest BCUT2D eigenvalue weighted by atomic mass is 9.99. The Morgan fingerprint density at radius 1 is 1.05 bits per heavy atom. The van der Waals surface area contributed by atoms with Gasteiger partial charge in [0.05, 0.1) is 0 Å². The van der Waals surface area contributed by atoms with Gasteiger partial charge in [-0.1, -0.05) is 39.0 Å². The van der Waals surface area contributed by atoms with E-state index in [9.17, 15) is 15.2 Å². The smallest absolute Gasteiger partial charge is 0.262 e. The molecule has 0 spiro atoms. The van der Waals surface area contributed by atoms with Crippen LogP contribution in [0.3, 0.4) is 0 Å². The quantitative estimate of drug-likeness (QED) is 0.253. The molecule has 0 aliphatic carbocycles. The Bertz CT molecular complexity index is 1370. The first-order valence-electron chi connectivity index (χ1n) is 14.1. The summed E-state index contributed by atoms with van der Waals surface area (Å²) < 4.78 is 0. The normalized spacial score (nSPS) is 14.8. The van der Waals surface area contributed by atoms with Crippen LogP contribution in [-0.2, 0) is 4.79 Å². The van der Waals surface area contributed by atoms with Crippen molar-refractivity contribution in [1.82, 2.24) is 10.2 Å². The lowest BCUT2D eigenvalue weighted by Crippen LogP contribution is -2.44. The van der Waals surface area contributed by atoms with E-state index >= 15 is 0 Å². The number of rotatable bonds is 7. The summed E-state index contributed by atoms with van der Waals surface area (Å²) in [5.41, 5.74) is 2.55. The van der Waals surface area contributed by atoms with Gasteiger partial charge in [-0.05, 0) is 92.4 Å². The van der Waals surface area contributed by atoms with Crippen LogP contribution in [0.25, 0.3) is 26.8 Å². The molecular weight excluding hydrogens is 516 g/mol. The largest absolute Gasteiger partial charge is 0.396 e. The molecule has 4 rings (SSSR count). The number of carbonyl (C=O) groups is 1. The summed E-state index contributed by atoms with van der Waals surface area (Å²) in [6.45, 7) is 16.2. The first-order chi connectivity index (χ1) is 18.9. The molecule has 2 aromatic carbocycles. The monoisotopic (exact) mass is 560 g/mol. The minimum atomic E-state index is -0.593. The third-order valence-electron chi connectivity index (χ3n) is 6.85. The number of hydrogen-bond acceptors (Lipinski definition) is 6. The maximum absolute atomic E-state index is 12.8. The highest BCUT2D eigenvalue weighted by Crippen LogP contribution is 2.35. The highest BCUT2D eigenvalue weighted by Gasteiger charge is 2.24. The molecule has 0 unspecified atom stereocenters. The standard InChI is InChI=1S/C29H34N4O2S.C4H10/c1-20(25(19-30)28(35)31-29(2,3)11-16-34)26-9-10-27(36-26)23-6-5-22-18-24(8-7-21(22)17-23)33-14-12-32(4)13-15-33;1-4(2)3/h5-10,17-18,34H,11-16H2,1-4H3,(H,31,35);4H,1-3H3/b25-20+;. The van der Waals surface area contributed by atoms with Crippen molar-refractivity contribution in [3.8, 4) is 16.5 Å². The topological polar surface area (TPSA) is 79.6 Å². The number of aliphatic hydroxyl groups is 1. The molecule has 2 heterocycles. The van der Waals surface area contributed by atoms with Crippen molar-refractivity contribution >= 4 is 39.3 Å². The summed E-state index contributed by atoms with van der Waals surface area (Å²) in [5.74, 6) is 0.422. The average molecular weight is 561 g/mol. The van der Waals surface area contributed by atoms with E-state index in [1.54, 1.807) is 11.3 Å². The summed E-state index contributed by atoms with van der Waals surface area (Å²) in [4.78, 5) is 19.6. The van der Waals surface area contributed by atoms with Crippen molar-refractivity contribution in [3.63, 3.8) is 0 Å². The zero-order chi connectivity index (χ0) is 29.4. The van der Waals surface area contributed by atoms with Crippen LogP contribution in [0, 0.1) is 17.2 Å². The SMILES string of the molecule is C/C(=C(/C#N)C(=O)NC(C)(C)CCO)c1ccc(-c2ccc3cc(N4CCN(C)CC4)ccc3c2)s1.CC(C)C. The first-order valence-corrected chi connectivity index (χ1v) is 14.9. The number of amides is 1. The minimum absolute atomic E-state index is 0.0327. The highest BCUT2D eigenvalue weighted by atomic mass is 32.1. The fourth-order valence-corrected chi connectivity index (χ4v) is 5.49. The number of thiophene rings is 1. The van der Waals surface area contributed by atoms with Crippen LogP contribution in [0.15, 0.2) is 54.1 Å². The molecule has 2 N–H and O–H groups in total. The molecule has 1 saturated heterocycles. The van der Waals surface area contributed by atoms with Gasteiger partial charge in [-0.2, -0.15) is 5.26 Å². The van der Waals surface area contributed by atoms with E-state index in [-0.39, 0.29) is 12.2 Å². The average Bonchev–Trinajstić information content (AvgIpc) is 3.39. The number of carbonyl (C=O) groups excluding carboxylic acids is 1. The Hall–Kier alpha value is -3.18. The number of likely N-dealkylation sites (N-methyl/N-ethyl adjacent to an activating group) is 1. The van der Waals surface area contributed by atoms with Crippen molar-refractivity contribution in [2.75, 3.05) is 44.7 Å². The van der Waals surface area contributed by atoms with E-state index in [0.717, 1.165) is 47.4 Å². The Labute approximate surface area is 243 Å². The van der Waals surface area contributed by atoms with E-state index in [4.69, 9.17) is 0 Å². The van der Waals surface area contributed by atoms with Gasteiger partial charge in [-0.25, -0.2) is 0 Å². The van der Waals surface area contributed by atoms with E-state index in [1.165, 1.54) is 16.5 Å². The van der Waals surface area contributed by atoms with Crippen molar-refractivity contribution in [2.24, 2.45) is 5.92 Å². The van der Waals surface area contributed by atoms with Crippen LogP contribution in [0.4, 0.5) is 5.69 Å². The molecule has 7 heteroatoms. The van der Waals surface area contributed by atoms with Crippen molar-refractivity contribution in [3.05, 3.63) is 59.0 Å². The van der Waals surface area contributed by atoms with Gasteiger partial charge < -0.3 is 20.2 Å². The van der Waals surface area contributed by atoms with Gasteiger partial charge in [0.15, 0.2) is 0 Å². The van der Waals surface area contributed by atoms with E-state index < -0.39 is 11.4 Å². The van der Waals surface area contributed by atoms with Crippen LogP contribution < -0.4 is 10.2 Å². The lowest BCUT2D eigenvalue weighted by Gasteiger charge is -2.34. The van der Waals surface area contributed by atoms with Gasteiger partial charge in [0.1, 0.15) is 11.6 Å². The van der Waals surface area contributed by atoms with Crippen molar-refractivity contribution in [2.45, 2.75) is 53.5 Å². The molecule has 1 aromatic heterocycles. The number of benzene rings is 2. The molecular formula is C33H44N4O2S. The molecule has 0 bridgehead atoms. The van der Waals surface area contributed by atoms with Gasteiger partial charge in [0, 0.05) is 53.8 Å². The molecule has 1 fully saturated rings. The minimum Gasteiger partial charge on any atom is -0.396 e. The molecule has 6 nitrogen and oxygen atoms in total. The van der Waals surface area contributed by atoms with Crippen molar-refractivity contribution in [1.29, 1.82) is 5.26 Å². The second-order valence-electron chi connectivity index (χ2n) is 11.9. The predicted molar refractivity (Wildman–Crippen MR) is 170 cm³/mol. The molecule has 1 aliphatic heterocycles. The molecule has 0 radical (unpaired) electrons. The van der Waals surface area contributed by atoms with Crippen LogP contribution in [0.1, 0.15) is 52.8 Å². The van der Waals surface area contributed by atoms with Gasteiger partial charge in [-0.15, -0.1) is 11.3 Å². The Balaban J connectivity index is 0.00000103. The predicted octanol–water partition coefficient (Wildman–Crippen LogP) is 6.56. The van der Waals surface area contributed by atoms with Gasteiger partial charge in [-0.3, -0.25) is 4.79 Å². The van der Waals surface area contributed by atoms with Crippen LogP contribution >= 0.6 is 11.3 Å². The summed E-state index contributed by atoms with van der Waals surface area (Å²) >= 11 is 1.58. The van der Waals surface area contributed by atoms with E-state index in [1.807, 2.05) is 32.9 Å². The second kappa shape index (κ2) is 13.9. The fourth-order valence-electron chi connectivity index (χ4n) is 4.48. The zero-order valence-electron chi connectivity index (χ0n) is 25.0. The maximum atomic E-state index is 12.8. The fraction of sp³-hybridized carbons (Fsp3) is 0.455. The number of aliphatic hydroxyl groups excluding tert-OH is 1. The summed E-state index contributed by atoms with van der Waals surface area (Å²) in [6, 6.07) is 19.3. The number of nitrogens with zero attached hydrogens (tertiary/aromatic N) is 3. The molecule has 40 heavy (non-hydrogen) atoms. The highest BCUT2D eigenvalue weighted by molar-refractivity contribution is 7.16. The molecule has 3 aromatic rings. The Kier molecular flexibility index (Phi) is 10.9. The number of allylic oxidation sites excluding steroid dienone is 1.